The predicted molar refractivity (Wildman–Crippen MR) is 142 cm³/mol. The minimum Gasteiger partial charge on any atom is -0.508 e. The van der Waals surface area contributed by atoms with Crippen molar-refractivity contribution in [3.63, 3.8) is 0 Å². The van der Waals surface area contributed by atoms with Crippen molar-refractivity contribution in [2.24, 2.45) is 0 Å². The van der Waals surface area contributed by atoms with Crippen LogP contribution in [-0.4, -0.2) is 64.6 Å². The van der Waals surface area contributed by atoms with E-state index in [9.17, 15) is 23.9 Å². The Kier molecular flexibility index (Phi) is 7.66. The van der Waals surface area contributed by atoms with Gasteiger partial charge in [0.05, 0.1) is 0 Å². The summed E-state index contributed by atoms with van der Waals surface area (Å²) in [4.78, 5) is 41.3. The zero-order valence-electron chi connectivity index (χ0n) is 21.5. The van der Waals surface area contributed by atoms with Gasteiger partial charge in [0.15, 0.2) is 0 Å². The maximum atomic E-state index is 13.4. The summed E-state index contributed by atoms with van der Waals surface area (Å²) in [7, 11) is 0. The highest BCUT2D eigenvalue weighted by atomic mass is 19.1. The quantitative estimate of drug-likeness (QED) is 0.497. The minimum absolute atomic E-state index is 0.102. The number of aromatic hydroxyl groups is 1. The minimum atomic E-state index is -0.576. The molecule has 1 saturated heterocycles. The summed E-state index contributed by atoms with van der Waals surface area (Å²) in [5, 5.41) is 12.8. The number of carbonyl (C=O) groups is 3. The van der Waals surface area contributed by atoms with Crippen molar-refractivity contribution < 1.29 is 28.6 Å². The SMILES string of the molecule is CC(C)(C)OC(=O)N1CCN(C(=O)c2ccc(-c3cc(O)cc(C(=O)Nc4cccc(F)c4)c3)cc2)CC1. The van der Waals surface area contributed by atoms with Crippen molar-refractivity contribution in [2.75, 3.05) is 31.5 Å². The van der Waals surface area contributed by atoms with Crippen molar-refractivity contribution in [2.45, 2.75) is 26.4 Å². The fraction of sp³-hybridized carbons (Fsp3) is 0.276. The second kappa shape index (κ2) is 10.9. The van der Waals surface area contributed by atoms with Gasteiger partial charge < -0.3 is 25.0 Å². The number of nitrogens with zero attached hydrogens (tertiary/aromatic N) is 2. The molecule has 0 atom stereocenters. The van der Waals surface area contributed by atoms with Gasteiger partial charge >= 0.3 is 6.09 Å². The molecule has 0 unspecified atom stereocenters. The van der Waals surface area contributed by atoms with Crippen LogP contribution >= 0.6 is 0 Å². The standard InChI is InChI=1S/C29H30FN3O5/c1-29(2,3)38-28(37)33-13-11-32(12-14-33)27(36)20-9-7-19(8-10-20)21-15-22(17-25(34)16-21)26(35)31-24-6-4-5-23(30)18-24/h4-10,15-18,34H,11-14H2,1-3H3,(H,31,35). The Bertz CT molecular complexity index is 1340. The smallest absolute Gasteiger partial charge is 0.410 e. The first kappa shape index (κ1) is 26.7. The highest BCUT2D eigenvalue weighted by Gasteiger charge is 2.28. The van der Waals surface area contributed by atoms with Gasteiger partial charge in [-0.1, -0.05) is 18.2 Å². The van der Waals surface area contributed by atoms with Crippen LogP contribution < -0.4 is 5.32 Å². The van der Waals surface area contributed by atoms with Gasteiger partial charge in [0.25, 0.3) is 11.8 Å². The van der Waals surface area contributed by atoms with Crippen LogP contribution in [0.5, 0.6) is 5.75 Å². The van der Waals surface area contributed by atoms with Gasteiger partial charge in [0.2, 0.25) is 0 Å². The summed E-state index contributed by atoms with van der Waals surface area (Å²) in [6.07, 6.45) is -0.385. The fourth-order valence-corrected chi connectivity index (χ4v) is 4.08. The normalized spacial score (nSPS) is 13.7. The number of hydrogen-bond donors (Lipinski definition) is 2. The maximum Gasteiger partial charge on any atom is 0.410 e. The van der Waals surface area contributed by atoms with E-state index in [4.69, 9.17) is 4.74 Å². The molecule has 1 heterocycles. The zero-order chi connectivity index (χ0) is 27.4. The number of hydrogen-bond acceptors (Lipinski definition) is 5. The van der Waals surface area contributed by atoms with E-state index in [1.807, 2.05) is 20.8 Å². The first-order chi connectivity index (χ1) is 18.0. The average Bonchev–Trinajstić information content (AvgIpc) is 2.87. The molecule has 0 spiro atoms. The van der Waals surface area contributed by atoms with E-state index in [1.165, 1.54) is 30.3 Å². The Balaban J connectivity index is 1.41. The van der Waals surface area contributed by atoms with Crippen LogP contribution in [0.25, 0.3) is 11.1 Å². The van der Waals surface area contributed by atoms with Crippen molar-refractivity contribution >= 4 is 23.6 Å². The Hall–Kier alpha value is -4.40. The lowest BCUT2D eigenvalue weighted by Gasteiger charge is -2.35. The first-order valence-corrected chi connectivity index (χ1v) is 12.3. The zero-order valence-corrected chi connectivity index (χ0v) is 21.5. The lowest BCUT2D eigenvalue weighted by atomic mass is 10.0. The second-order valence-corrected chi connectivity index (χ2v) is 10.1. The van der Waals surface area contributed by atoms with Gasteiger partial charge in [0.1, 0.15) is 17.2 Å². The number of halogens is 1. The molecule has 0 bridgehead atoms. The molecule has 3 aromatic rings. The van der Waals surface area contributed by atoms with Gasteiger partial charge in [-0.05, 0) is 80.4 Å². The molecule has 1 aliphatic heterocycles. The Labute approximate surface area is 220 Å². The van der Waals surface area contributed by atoms with E-state index in [2.05, 4.69) is 5.32 Å². The molecule has 8 nitrogen and oxygen atoms in total. The molecule has 38 heavy (non-hydrogen) atoms. The summed E-state index contributed by atoms with van der Waals surface area (Å²) in [5.74, 6) is -1.22. The number of ether oxygens (including phenoxy) is 1. The Morgan fingerprint density at radius 1 is 0.842 bits per heavy atom. The molecule has 9 heteroatoms. The highest BCUT2D eigenvalue weighted by molar-refractivity contribution is 6.05. The van der Waals surface area contributed by atoms with E-state index >= 15 is 0 Å². The van der Waals surface area contributed by atoms with E-state index in [0.717, 1.165) is 0 Å². The third-order valence-electron chi connectivity index (χ3n) is 5.95. The van der Waals surface area contributed by atoms with Gasteiger partial charge in [-0.2, -0.15) is 0 Å². The van der Waals surface area contributed by atoms with Crippen molar-refractivity contribution in [3.05, 3.63) is 83.7 Å². The van der Waals surface area contributed by atoms with Crippen molar-refractivity contribution in [1.82, 2.24) is 9.80 Å². The van der Waals surface area contributed by atoms with Crippen LogP contribution in [0.1, 0.15) is 41.5 Å². The molecule has 2 N–H and O–H groups in total. The van der Waals surface area contributed by atoms with Crippen molar-refractivity contribution in [1.29, 1.82) is 0 Å². The number of anilines is 1. The molecule has 3 amide bonds. The Morgan fingerprint density at radius 2 is 1.50 bits per heavy atom. The van der Waals surface area contributed by atoms with Gasteiger partial charge in [0, 0.05) is 43.0 Å². The third kappa shape index (κ3) is 6.67. The number of benzene rings is 3. The lowest BCUT2D eigenvalue weighted by Crippen LogP contribution is -2.51. The molecule has 4 rings (SSSR count). The number of piperazine rings is 1. The Morgan fingerprint density at radius 3 is 2.13 bits per heavy atom. The molecular formula is C29H30FN3O5. The summed E-state index contributed by atoms with van der Waals surface area (Å²) in [6, 6.07) is 16.9. The third-order valence-corrected chi connectivity index (χ3v) is 5.95. The number of rotatable bonds is 4. The molecule has 0 saturated carbocycles. The second-order valence-electron chi connectivity index (χ2n) is 10.1. The maximum absolute atomic E-state index is 13.4. The molecule has 0 radical (unpaired) electrons. The van der Waals surface area contributed by atoms with Gasteiger partial charge in [-0.3, -0.25) is 9.59 Å². The molecular weight excluding hydrogens is 489 g/mol. The van der Waals surface area contributed by atoms with E-state index in [1.54, 1.807) is 46.2 Å². The topological polar surface area (TPSA) is 99.2 Å². The predicted octanol–water partition coefficient (Wildman–Crippen LogP) is 5.14. The number of phenols is 1. The van der Waals surface area contributed by atoms with Crippen molar-refractivity contribution in [3.8, 4) is 16.9 Å². The van der Waals surface area contributed by atoms with Crippen LogP contribution in [0.15, 0.2) is 66.7 Å². The molecule has 0 aromatic heterocycles. The summed E-state index contributed by atoms with van der Waals surface area (Å²) in [5.41, 5.74) is 1.70. The largest absolute Gasteiger partial charge is 0.508 e. The molecule has 3 aromatic carbocycles. The van der Waals surface area contributed by atoms with Crippen LogP contribution in [0.4, 0.5) is 14.9 Å². The lowest BCUT2D eigenvalue weighted by molar-refractivity contribution is 0.0141. The number of nitrogens with one attached hydrogen (secondary N) is 1. The van der Waals surface area contributed by atoms with Crippen LogP contribution in [-0.2, 0) is 4.74 Å². The van der Waals surface area contributed by atoms with Crippen LogP contribution in [0.2, 0.25) is 0 Å². The van der Waals surface area contributed by atoms with E-state index in [0.29, 0.717) is 48.6 Å². The molecule has 1 fully saturated rings. The van der Waals surface area contributed by atoms with E-state index < -0.39 is 17.3 Å². The average molecular weight is 520 g/mol. The van der Waals surface area contributed by atoms with E-state index in [-0.39, 0.29) is 23.3 Å². The van der Waals surface area contributed by atoms with Crippen LogP contribution in [0, 0.1) is 5.82 Å². The summed E-state index contributed by atoms with van der Waals surface area (Å²) < 4.78 is 18.8. The molecule has 0 aliphatic carbocycles. The summed E-state index contributed by atoms with van der Waals surface area (Å²) >= 11 is 0. The first-order valence-electron chi connectivity index (χ1n) is 12.3. The summed E-state index contributed by atoms with van der Waals surface area (Å²) in [6.45, 7) is 7.02. The number of amides is 3. The fourth-order valence-electron chi connectivity index (χ4n) is 4.08. The highest BCUT2D eigenvalue weighted by Crippen LogP contribution is 2.27. The monoisotopic (exact) mass is 519 g/mol. The van der Waals surface area contributed by atoms with Gasteiger partial charge in [-0.15, -0.1) is 0 Å². The van der Waals surface area contributed by atoms with Crippen LogP contribution in [0.3, 0.4) is 0 Å². The molecule has 1 aliphatic rings. The number of carbonyl (C=O) groups excluding carboxylic acids is 3. The number of phenolic OH excluding ortho intramolecular Hbond substituents is 1. The van der Waals surface area contributed by atoms with Gasteiger partial charge in [-0.25, -0.2) is 9.18 Å². The molecule has 198 valence electrons.